The summed E-state index contributed by atoms with van der Waals surface area (Å²) in [5.41, 5.74) is 9.15. The summed E-state index contributed by atoms with van der Waals surface area (Å²) in [6.45, 7) is 9.60. The molecule has 7 heterocycles. The van der Waals surface area contributed by atoms with E-state index in [-0.39, 0.29) is 103 Å². The molecular weight excluding hydrogens is 1540 g/mol. The highest BCUT2D eigenvalue weighted by molar-refractivity contribution is 6.32. The van der Waals surface area contributed by atoms with Gasteiger partial charge in [0.25, 0.3) is 0 Å². The average Bonchev–Trinajstić information content (AvgIpc) is 0.758. The molecule has 11 aliphatic rings. The molecule has 4 saturated carbocycles. The first-order valence-electron chi connectivity index (χ1n) is 38.0. The number of hydrogen-bond donors (Lipinski definition) is 19. The fourth-order valence-corrected chi connectivity index (χ4v) is 17.6. The lowest BCUT2D eigenvalue weighted by Gasteiger charge is -2.54. The fourth-order valence-electron chi connectivity index (χ4n) is 17.2. The van der Waals surface area contributed by atoms with Crippen LogP contribution in [0.2, 0.25) is 10.0 Å². The number of primary amides is 1. The van der Waals surface area contributed by atoms with Crippen LogP contribution in [-0.2, 0) is 52.6 Å². The van der Waals surface area contributed by atoms with Gasteiger partial charge in [0.15, 0.2) is 29.8 Å². The second-order valence-electron chi connectivity index (χ2n) is 31.6. The van der Waals surface area contributed by atoms with Crippen LogP contribution < -0.4 is 78.3 Å². The van der Waals surface area contributed by atoms with Crippen LogP contribution in [0.1, 0.15) is 137 Å². The number of phenolic OH excluding ortho intramolecular Hbond substituents is 2. The molecule has 36 heteroatoms. The number of aliphatic hydroxyl groups is 6. The van der Waals surface area contributed by atoms with Crippen LogP contribution in [0.3, 0.4) is 0 Å². The number of aromatic hydroxyl groups is 2. The number of likely N-dealkylation sites (N-methyl/N-ethyl adjacent to an activating group) is 1. The molecule has 18 atom stereocenters. The van der Waals surface area contributed by atoms with E-state index in [1.807, 2.05) is 13.8 Å². The van der Waals surface area contributed by atoms with E-state index in [0.717, 1.165) is 68.5 Å². The van der Waals surface area contributed by atoms with Crippen molar-refractivity contribution in [2.75, 3.05) is 20.7 Å². The smallest absolute Gasteiger partial charge is 0.248 e. The van der Waals surface area contributed by atoms with E-state index >= 15 is 28.8 Å². The molecule has 15 bridgehead atoms. The zero-order chi connectivity index (χ0) is 82.7. The zero-order valence-electron chi connectivity index (χ0n) is 63.5. The molecule has 0 spiro atoms. The highest BCUT2D eigenvalue weighted by Gasteiger charge is 2.53. The third-order valence-corrected chi connectivity index (χ3v) is 23.4. The third-order valence-electron chi connectivity index (χ3n) is 22.8. The number of amides is 8. The van der Waals surface area contributed by atoms with Crippen molar-refractivity contribution in [3.8, 4) is 57.1 Å². The van der Waals surface area contributed by atoms with Crippen molar-refractivity contribution in [3.05, 3.63) is 129 Å². The number of halogens is 2. The van der Waals surface area contributed by atoms with Gasteiger partial charge in [-0.05, 0) is 178 Å². The number of phenols is 2. The molecule has 5 aromatic carbocycles. The van der Waals surface area contributed by atoms with Crippen molar-refractivity contribution in [2.45, 2.75) is 194 Å². The first-order chi connectivity index (χ1) is 54.6. The van der Waals surface area contributed by atoms with Crippen molar-refractivity contribution in [3.63, 3.8) is 0 Å². The van der Waals surface area contributed by atoms with E-state index in [4.69, 9.17) is 67.8 Å². The minimum absolute atomic E-state index is 0.0309. The van der Waals surface area contributed by atoms with E-state index in [1.165, 1.54) is 70.4 Å². The van der Waals surface area contributed by atoms with Crippen LogP contribution in [-0.4, -0.2) is 194 Å². The predicted octanol–water partition coefficient (Wildman–Crippen LogP) is 2.33. The SMILES string of the molecule is C=C(NC)Oc1cc(O)c2c(c1)[C@@H](C(=O)NC1C3CC4CC(C3)CC1C4)NC(=O)[C@H]1NC(=O)[C@H](NC(=O)[C@@H]3NC(=O)[C@H](CC(N)=O)NC(=O)[C@H](NC(=O)[C@@H](CC(C)C)NC)[C@H](O)c4ccc(c(Cl)c4)Oc4cc3cc(c4OC3OC(CO)C(O)C(O)C3OC3CC(C)(N)C(O)C(C)O3)Oc3ccc(cc3Cl)[C@H]1O)c1ccc(O)c-2c1. The number of hydrogen-bond acceptors (Lipinski definition) is 26. The van der Waals surface area contributed by atoms with Gasteiger partial charge in [-0.2, -0.15) is 0 Å². The minimum Gasteiger partial charge on any atom is -0.507 e. The monoisotopic (exact) mass is 1640 g/mol. The lowest BCUT2D eigenvalue weighted by molar-refractivity contribution is -0.333. The zero-order valence-corrected chi connectivity index (χ0v) is 65.0. The number of carbonyl (C=O) groups excluding carboxylic acids is 8. The molecule has 34 nitrogen and oxygen atoms in total. The van der Waals surface area contributed by atoms with Crippen molar-refractivity contribution in [2.24, 2.45) is 41.1 Å². The van der Waals surface area contributed by atoms with Gasteiger partial charge in [-0.1, -0.05) is 55.2 Å². The Morgan fingerprint density at radius 1 is 0.696 bits per heavy atom. The van der Waals surface area contributed by atoms with Gasteiger partial charge >= 0.3 is 0 Å². The lowest BCUT2D eigenvalue weighted by Crippen LogP contribution is -2.64. The van der Waals surface area contributed by atoms with Gasteiger partial charge in [-0.15, -0.1) is 0 Å². The van der Waals surface area contributed by atoms with Gasteiger partial charge in [0, 0.05) is 42.2 Å². The van der Waals surface area contributed by atoms with Gasteiger partial charge in [0.05, 0.1) is 41.3 Å². The molecular formula is C79H95Cl2N11O23. The standard InChI is InChI=1S/C79H95Cl2N11O23/c1-30(2)14-46(85-7)71(102)91-62-64(97)36-9-12-50(44(80)21-36)111-52-23-40-24-53(68(52)115-78-69(67(100)66(99)54(29-93)113-78)114-56-28-79(5,83)70(101)31(3)109-56)112-51-13-10-37(22-45(51)81)65(98)63-77(108)90-61(75(106)87-58-38-16-33-15-34(18-38)19-39(58)17-33)43-25-41(110-32(4)84-6)26-49(95)57(43)42-20-35(8-11-48(42)94)59(73(104)92-63)89-74(105)60(40)88-72(103)47(27-55(82)96)86-76(62)107/h8-13,20-26,30-31,33-34,38-39,46-47,54,56,58-67,69-70,78,84-85,93-95,97-101H,4,14-19,27-29,83H2,1-3,5-7H3,(H2,82,96)(H,86,107)(H,87,106)(H,88,103)(H,89,105)(H,90,108)(H,91,102)(H,92,104)/t31?,33?,34?,38?,39?,46-,47+,54?,56?,58?,59-,60-,61+,62-,63+,64-,65-,66?,67?,69?,70?,78?,79?/m1/s1. The number of ether oxygens (including phenoxy) is 7. The maximum Gasteiger partial charge on any atom is 0.248 e. The molecule has 0 radical (unpaired) electrons. The summed E-state index contributed by atoms with van der Waals surface area (Å²) < 4.78 is 44.9. The van der Waals surface area contributed by atoms with Gasteiger partial charge < -0.3 is 133 Å². The summed E-state index contributed by atoms with van der Waals surface area (Å²) in [6, 6.07) is 1.23. The van der Waals surface area contributed by atoms with Crippen LogP contribution >= 0.6 is 23.2 Å². The Morgan fingerprint density at radius 3 is 1.90 bits per heavy atom. The van der Waals surface area contributed by atoms with Crippen molar-refractivity contribution in [1.29, 1.82) is 0 Å². The predicted molar refractivity (Wildman–Crippen MR) is 408 cm³/mol. The summed E-state index contributed by atoms with van der Waals surface area (Å²) in [7, 11) is 3.00. The molecule has 9 unspecified atom stereocenters. The average molecular weight is 1640 g/mol. The number of nitrogens with two attached hydrogens (primary N) is 2. The van der Waals surface area contributed by atoms with Crippen LogP contribution in [0.15, 0.2) is 91.3 Å². The summed E-state index contributed by atoms with van der Waals surface area (Å²) >= 11 is 14.4. The van der Waals surface area contributed by atoms with Gasteiger partial charge in [0.2, 0.25) is 59.3 Å². The fraction of sp³-hybridized carbons (Fsp3) is 0.494. The molecule has 5 aromatic rings. The van der Waals surface area contributed by atoms with E-state index in [1.54, 1.807) is 0 Å². The quantitative estimate of drug-likeness (QED) is 0.0594. The topological polar surface area (TPSA) is 523 Å². The molecule has 6 fully saturated rings. The molecule has 21 N–H and O–H groups in total. The van der Waals surface area contributed by atoms with Crippen LogP contribution in [0.4, 0.5) is 0 Å². The Balaban J connectivity index is 1.02. The first kappa shape index (κ1) is 83.3. The summed E-state index contributed by atoms with van der Waals surface area (Å²) in [5.74, 6) is -12.4. The third kappa shape index (κ3) is 17.4. The highest BCUT2D eigenvalue weighted by Crippen LogP contribution is 2.55. The number of nitrogens with one attached hydrogen (secondary N) is 9. The van der Waals surface area contributed by atoms with E-state index in [0.29, 0.717) is 11.8 Å². The first-order valence-corrected chi connectivity index (χ1v) is 38.7. The number of benzene rings is 5. The Hall–Kier alpha value is -9.66. The largest absolute Gasteiger partial charge is 0.507 e. The van der Waals surface area contributed by atoms with Crippen LogP contribution in [0, 0.1) is 29.6 Å². The van der Waals surface area contributed by atoms with Crippen molar-refractivity contribution >= 4 is 70.5 Å². The number of aliphatic hydroxyl groups excluding tert-OH is 6. The Kier molecular flexibility index (Phi) is 24.5. The normalized spacial score (nSPS) is 32.0. The van der Waals surface area contributed by atoms with E-state index in [9.17, 15) is 50.4 Å². The van der Waals surface area contributed by atoms with E-state index in [2.05, 4.69) is 54.4 Å². The summed E-state index contributed by atoms with van der Waals surface area (Å²) in [6.07, 6.45) is -13.9. The molecule has 618 valence electrons. The molecule has 7 aliphatic heterocycles. The Bertz CT molecular complexity index is 4600. The minimum atomic E-state index is -2.33. The van der Waals surface area contributed by atoms with Crippen molar-refractivity contribution < 1.29 is 112 Å². The second kappa shape index (κ2) is 33.9. The number of rotatable bonds is 17. The summed E-state index contributed by atoms with van der Waals surface area (Å²) in [5, 5.41) is 119. The molecule has 0 aromatic heterocycles. The maximum absolute atomic E-state index is 16.4. The Labute approximate surface area is 669 Å². The molecule has 8 amide bonds. The maximum atomic E-state index is 16.4. The van der Waals surface area contributed by atoms with E-state index < -0.39 is 204 Å². The highest BCUT2D eigenvalue weighted by atomic mass is 35.5. The van der Waals surface area contributed by atoms with Gasteiger partial charge in [0.1, 0.15) is 95.5 Å². The van der Waals surface area contributed by atoms with Crippen LogP contribution in [0.25, 0.3) is 11.1 Å². The van der Waals surface area contributed by atoms with Crippen LogP contribution in [0.5, 0.6) is 46.0 Å². The molecule has 115 heavy (non-hydrogen) atoms. The number of carbonyl (C=O) groups is 8. The second-order valence-corrected chi connectivity index (χ2v) is 32.4. The molecule has 2 saturated heterocycles. The molecule has 4 aliphatic carbocycles. The Morgan fingerprint density at radius 2 is 1.30 bits per heavy atom. The van der Waals surface area contributed by atoms with Gasteiger partial charge in [-0.25, -0.2) is 0 Å². The number of fused-ring (bicyclic) bond motifs is 15. The van der Waals surface area contributed by atoms with Gasteiger partial charge in [-0.3, -0.25) is 38.4 Å². The molecule has 16 rings (SSSR count). The summed E-state index contributed by atoms with van der Waals surface area (Å²) in [4.78, 5) is 122. The lowest BCUT2D eigenvalue weighted by atomic mass is 9.54. The van der Waals surface area contributed by atoms with Crippen molar-refractivity contribution in [1.82, 2.24) is 47.9 Å².